The fourth-order valence-corrected chi connectivity index (χ4v) is 6.39. The molecule has 30 heavy (non-hydrogen) atoms. The summed E-state index contributed by atoms with van der Waals surface area (Å²) in [5.41, 5.74) is 1.27. The van der Waals surface area contributed by atoms with E-state index in [2.05, 4.69) is 60.9 Å². The lowest BCUT2D eigenvalue weighted by molar-refractivity contribution is 0.293. The zero-order valence-corrected chi connectivity index (χ0v) is 21.6. The molecule has 8 heteroatoms. The van der Waals surface area contributed by atoms with Crippen LogP contribution < -0.4 is 10.2 Å². The molecule has 3 heterocycles. The third-order valence-corrected chi connectivity index (χ3v) is 8.15. The number of thioether (sulfide) groups is 1. The molecular formula is C22H37IN6S. The minimum atomic E-state index is 0. The number of piperazine rings is 1. The standard InChI is InChI=1S/C22H36N6S.HI/c1-23-21(28-14-15-29-22(18-28)7-4-3-5-8-22)25-17-19-6-9-24-20(16-19)27-12-10-26(2)11-13-27;/h6,9,16H,3-5,7-8,10-15,17-18H2,1-2H3,(H,23,25);1H. The molecule has 2 saturated heterocycles. The van der Waals surface area contributed by atoms with Crippen LogP contribution in [0.15, 0.2) is 23.3 Å². The molecule has 0 radical (unpaired) electrons. The highest BCUT2D eigenvalue weighted by molar-refractivity contribution is 14.0. The van der Waals surface area contributed by atoms with Crippen LogP contribution in [-0.4, -0.2) is 84.6 Å². The molecular weight excluding hydrogens is 507 g/mol. The first-order valence-corrected chi connectivity index (χ1v) is 12.1. The van der Waals surface area contributed by atoms with Gasteiger partial charge in [0.25, 0.3) is 0 Å². The largest absolute Gasteiger partial charge is 0.354 e. The zero-order chi connectivity index (χ0) is 20.1. The molecule has 1 spiro atoms. The van der Waals surface area contributed by atoms with Gasteiger partial charge in [-0.15, -0.1) is 24.0 Å². The Balaban J connectivity index is 0.00000256. The fraction of sp³-hybridized carbons (Fsp3) is 0.727. The quantitative estimate of drug-likeness (QED) is 0.358. The Morgan fingerprint density at radius 2 is 1.93 bits per heavy atom. The topological polar surface area (TPSA) is 47.0 Å². The average Bonchev–Trinajstić information content (AvgIpc) is 2.76. The van der Waals surface area contributed by atoms with Crippen molar-refractivity contribution in [2.24, 2.45) is 4.99 Å². The molecule has 1 aromatic heterocycles. The van der Waals surface area contributed by atoms with E-state index in [1.807, 2.05) is 13.2 Å². The Labute approximate surface area is 203 Å². The summed E-state index contributed by atoms with van der Waals surface area (Å²) in [5, 5.41) is 3.63. The summed E-state index contributed by atoms with van der Waals surface area (Å²) in [4.78, 5) is 16.5. The Bertz CT molecular complexity index is 695. The third-order valence-electron chi connectivity index (χ3n) is 6.61. The highest BCUT2D eigenvalue weighted by Crippen LogP contribution is 2.42. The molecule has 1 aliphatic carbocycles. The number of hydrogen-bond donors (Lipinski definition) is 1. The molecule has 168 valence electrons. The number of halogens is 1. The number of hydrogen-bond acceptors (Lipinski definition) is 5. The van der Waals surface area contributed by atoms with Crippen molar-refractivity contribution in [3.05, 3.63) is 23.9 Å². The second kappa shape index (κ2) is 11.2. The SMILES string of the molecule is CN=C(NCc1ccnc(N2CCN(C)CC2)c1)N1CCSC2(CCCCC2)C1.I. The molecule has 0 amide bonds. The van der Waals surface area contributed by atoms with Gasteiger partial charge in [0.15, 0.2) is 5.96 Å². The van der Waals surface area contributed by atoms with Crippen molar-refractivity contribution >= 4 is 47.5 Å². The van der Waals surface area contributed by atoms with E-state index in [4.69, 9.17) is 0 Å². The molecule has 1 saturated carbocycles. The van der Waals surface area contributed by atoms with Crippen LogP contribution in [0.3, 0.4) is 0 Å². The van der Waals surface area contributed by atoms with Crippen LogP contribution in [0.1, 0.15) is 37.7 Å². The van der Waals surface area contributed by atoms with Crippen molar-refractivity contribution in [1.29, 1.82) is 0 Å². The molecule has 3 fully saturated rings. The van der Waals surface area contributed by atoms with Gasteiger partial charge in [-0.25, -0.2) is 4.98 Å². The number of likely N-dealkylation sites (N-methyl/N-ethyl adjacent to an activating group) is 1. The predicted octanol–water partition coefficient (Wildman–Crippen LogP) is 3.28. The van der Waals surface area contributed by atoms with Gasteiger partial charge >= 0.3 is 0 Å². The second-order valence-corrected chi connectivity index (χ2v) is 10.3. The van der Waals surface area contributed by atoms with Crippen molar-refractivity contribution in [1.82, 2.24) is 20.1 Å². The molecule has 2 aliphatic heterocycles. The first-order chi connectivity index (χ1) is 14.2. The first kappa shape index (κ1) is 23.9. The number of nitrogens with one attached hydrogen (secondary N) is 1. The third kappa shape index (κ3) is 5.94. The number of aliphatic imine (C=N–C) groups is 1. The van der Waals surface area contributed by atoms with Crippen molar-refractivity contribution in [2.75, 3.05) is 64.0 Å². The molecule has 1 N–H and O–H groups in total. The Kier molecular flexibility index (Phi) is 8.94. The summed E-state index contributed by atoms with van der Waals surface area (Å²) in [6, 6.07) is 4.36. The molecule has 3 aliphatic rings. The maximum absolute atomic E-state index is 4.62. The van der Waals surface area contributed by atoms with Gasteiger partial charge in [-0.3, -0.25) is 4.99 Å². The number of aromatic nitrogens is 1. The summed E-state index contributed by atoms with van der Waals surface area (Å²) < 4.78 is 0.458. The maximum Gasteiger partial charge on any atom is 0.193 e. The molecule has 6 nitrogen and oxygen atoms in total. The van der Waals surface area contributed by atoms with Gasteiger partial charge in [0.1, 0.15) is 5.82 Å². The van der Waals surface area contributed by atoms with Crippen molar-refractivity contribution in [3.8, 4) is 0 Å². The van der Waals surface area contributed by atoms with Gasteiger partial charge in [-0.2, -0.15) is 11.8 Å². The van der Waals surface area contributed by atoms with Crippen LogP contribution in [-0.2, 0) is 6.54 Å². The fourth-order valence-electron chi connectivity index (χ4n) is 4.82. The van der Waals surface area contributed by atoms with Crippen molar-refractivity contribution in [2.45, 2.75) is 43.4 Å². The number of pyridine rings is 1. The van der Waals surface area contributed by atoms with Crippen LogP contribution in [0.4, 0.5) is 5.82 Å². The zero-order valence-electron chi connectivity index (χ0n) is 18.5. The van der Waals surface area contributed by atoms with Gasteiger partial charge in [-0.1, -0.05) is 19.3 Å². The normalized spacial score (nSPS) is 22.7. The summed E-state index contributed by atoms with van der Waals surface area (Å²) >= 11 is 2.21. The van der Waals surface area contributed by atoms with Crippen LogP contribution in [0.25, 0.3) is 0 Å². The molecule has 0 bridgehead atoms. The van der Waals surface area contributed by atoms with E-state index in [0.717, 1.165) is 57.6 Å². The van der Waals surface area contributed by atoms with Gasteiger partial charge in [0.2, 0.25) is 0 Å². The molecule has 0 aromatic carbocycles. The summed E-state index contributed by atoms with van der Waals surface area (Å²) in [7, 11) is 4.10. The molecule has 1 aromatic rings. The number of guanidine groups is 1. The highest BCUT2D eigenvalue weighted by atomic mass is 127. The van der Waals surface area contributed by atoms with Gasteiger partial charge in [-0.05, 0) is 37.6 Å². The van der Waals surface area contributed by atoms with E-state index in [1.165, 1.54) is 43.4 Å². The van der Waals surface area contributed by atoms with E-state index in [1.54, 1.807) is 0 Å². The van der Waals surface area contributed by atoms with E-state index >= 15 is 0 Å². The minimum Gasteiger partial charge on any atom is -0.354 e. The van der Waals surface area contributed by atoms with E-state index < -0.39 is 0 Å². The van der Waals surface area contributed by atoms with Gasteiger partial charge in [0, 0.05) is 69.6 Å². The lowest BCUT2D eigenvalue weighted by atomic mass is 9.87. The van der Waals surface area contributed by atoms with Crippen LogP contribution in [0.2, 0.25) is 0 Å². The average molecular weight is 545 g/mol. The Morgan fingerprint density at radius 1 is 1.17 bits per heavy atom. The van der Waals surface area contributed by atoms with Gasteiger partial charge < -0.3 is 20.0 Å². The van der Waals surface area contributed by atoms with Crippen molar-refractivity contribution < 1.29 is 0 Å². The van der Waals surface area contributed by atoms with Crippen LogP contribution in [0.5, 0.6) is 0 Å². The van der Waals surface area contributed by atoms with Crippen LogP contribution in [0, 0.1) is 0 Å². The second-order valence-electron chi connectivity index (χ2n) is 8.73. The van der Waals surface area contributed by atoms with Gasteiger partial charge in [0.05, 0.1) is 0 Å². The van der Waals surface area contributed by atoms with E-state index in [-0.39, 0.29) is 24.0 Å². The Hall–Kier alpha value is -0.740. The van der Waals surface area contributed by atoms with E-state index in [0.29, 0.717) is 4.75 Å². The highest BCUT2D eigenvalue weighted by Gasteiger charge is 2.38. The lowest BCUT2D eigenvalue weighted by Crippen LogP contribution is -2.53. The number of rotatable bonds is 3. The first-order valence-electron chi connectivity index (χ1n) is 11.2. The monoisotopic (exact) mass is 544 g/mol. The summed E-state index contributed by atoms with van der Waals surface area (Å²) in [6.45, 7) is 7.34. The number of anilines is 1. The van der Waals surface area contributed by atoms with Crippen LogP contribution >= 0.6 is 35.7 Å². The molecule has 4 rings (SSSR count). The smallest absolute Gasteiger partial charge is 0.193 e. The molecule has 0 atom stereocenters. The summed E-state index contributed by atoms with van der Waals surface area (Å²) in [6.07, 6.45) is 8.86. The van der Waals surface area contributed by atoms with E-state index in [9.17, 15) is 0 Å². The number of nitrogens with zero attached hydrogens (tertiary/aromatic N) is 5. The Morgan fingerprint density at radius 3 is 2.67 bits per heavy atom. The summed E-state index contributed by atoms with van der Waals surface area (Å²) in [5.74, 6) is 3.36. The maximum atomic E-state index is 4.62. The predicted molar refractivity (Wildman–Crippen MR) is 139 cm³/mol. The van der Waals surface area contributed by atoms with Crippen molar-refractivity contribution in [3.63, 3.8) is 0 Å². The minimum absolute atomic E-state index is 0. The molecule has 0 unspecified atom stereocenters. The lowest BCUT2D eigenvalue weighted by Gasteiger charge is -2.45.